The van der Waals surface area contributed by atoms with Gasteiger partial charge in [-0.2, -0.15) is 5.10 Å². The minimum Gasteiger partial charge on any atom is -0.490 e. The lowest BCUT2D eigenvalue weighted by Crippen LogP contribution is -2.23. The van der Waals surface area contributed by atoms with Crippen LogP contribution in [0, 0.1) is 6.92 Å². The Morgan fingerprint density at radius 1 is 1.03 bits per heavy atom. The molecular formula is C25H26BrN3O2S. The van der Waals surface area contributed by atoms with Crippen LogP contribution in [0.4, 0.5) is 5.69 Å². The molecule has 0 radical (unpaired) electrons. The number of halogens is 1. The summed E-state index contributed by atoms with van der Waals surface area (Å²) in [5, 5.41) is 7.71. The molecule has 0 aliphatic carbocycles. The molecule has 3 aromatic rings. The van der Waals surface area contributed by atoms with Crippen LogP contribution < -0.4 is 20.2 Å². The zero-order valence-electron chi connectivity index (χ0n) is 18.1. The van der Waals surface area contributed by atoms with Gasteiger partial charge >= 0.3 is 0 Å². The minimum absolute atomic E-state index is 0.405. The molecule has 0 bridgehead atoms. The van der Waals surface area contributed by atoms with E-state index < -0.39 is 0 Å². The maximum absolute atomic E-state index is 5.94. The van der Waals surface area contributed by atoms with Crippen molar-refractivity contribution >= 4 is 45.2 Å². The molecule has 0 fully saturated rings. The molecule has 0 aliphatic rings. The standard InChI is InChI=1S/C25H26BrN3O2S/c1-3-19-13-18(2)14-23(15-19)30-11-12-31-24-10-9-21(26)16-20(24)17-27-29-25(32)28-22-7-5-4-6-8-22/h4-10,13-17H,3,11-12H2,1-2H3,(H2,28,29,32)/b27-17+. The number of nitrogens with one attached hydrogen (secondary N) is 2. The molecule has 0 aliphatic heterocycles. The lowest BCUT2D eigenvalue weighted by atomic mass is 10.1. The van der Waals surface area contributed by atoms with Crippen LogP contribution in [0.1, 0.15) is 23.6 Å². The number of benzene rings is 3. The Morgan fingerprint density at radius 3 is 2.59 bits per heavy atom. The Hall–Kier alpha value is -2.90. The lowest BCUT2D eigenvalue weighted by molar-refractivity contribution is 0.217. The molecule has 3 rings (SSSR count). The van der Waals surface area contributed by atoms with Gasteiger partial charge in [0.15, 0.2) is 5.11 Å². The first kappa shape index (κ1) is 23.8. The highest BCUT2D eigenvalue weighted by atomic mass is 79.9. The molecule has 166 valence electrons. The molecule has 7 heteroatoms. The highest BCUT2D eigenvalue weighted by molar-refractivity contribution is 9.10. The zero-order chi connectivity index (χ0) is 22.8. The van der Waals surface area contributed by atoms with Gasteiger partial charge in [0.1, 0.15) is 24.7 Å². The summed E-state index contributed by atoms with van der Waals surface area (Å²) in [7, 11) is 0. The van der Waals surface area contributed by atoms with Crippen molar-refractivity contribution in [1.82, 2.24) is 5.43 Å². The Bertz CT molecular complexity index is 1070. The van der Waals surface area contributed by atoms with Gasteiger partial charge in [-0.05, 0) is 79.2 Å². The summed E-state index contributed by atoms with van der Waals surface area (Å²) < 4.78 is 12.7. The van der Waals surface area contributed by atoms with E-state index in [1.54, 1.807) is 6.21 Å². The molecule has 0 aromatic heterocycles. The predicted molar refractivity (Wildman–Crippen MR) is 139 cm³/mol. The van der Waals surface area contributed by atoms with Crippen molar-refractivity contribution in [1.29, 1.82) is 0 Å². The van der Waals surface area contributed by atoms with Crippen LogP contribution in [0.3, 0.4) is 0 Å². The summed E-state index contributed by atoms with van der Waals surface area (Å²) in [5.74, 6) is 1.58. The Kier molecular flexibility index (Phi) is 9.07. The SMILES string of the molecule is CCc1cc(C)cc(OCCOc2ccc(Br)cc2/C=N/NC(=S)Nc2ccccc2)c1. The fraction of sp³-hybridized carbons (Fsp3) is 0.200. The summed E-state index contributed by atoms with van der Waals surface area (Å²) in [6.45, 7) is 5.07. The number of thiocarbonyl (C=S) groups is 1. The fourth-order valence-corrected chi connectivity index (χ4v) is 3.57. The van der Waals surface area contributed by atoms with Crippen molar-refractivity contribution in [3.63, 3.8) is 0 Å². The highest BCUT2D eigenvalue weighted by Gasteiger charge is 2.04. The molecule has 32 heavy (non-hydrogen) atoms. The molecule has 5 nitrogen and oxygen atoms in total. The number of hydrazone groups is 1. The van der Waals surface area contributed by atoms with E-state index in [4.69, 9.17) is 21.7 Å². The monoisotopic (exact) mass is 511 g/mol. The molecule has 0 heterocycles. The molecule has 0 spiro atoms. The van der Waals surface area contributed by atoms with E-state index in [1.807, 2.05) is 54.6 Å². The Labute approximate surface area is 203 Å². The summed E-state index contributed by atoms with van der Waals surface area (Å²) in [4.78, 5) is 0. The van der Waals surface area contributed by atoms with Gasteiger partial charge in [0, 0.05) is 15.7 Å². The summed E-state index contributed by atoms with van der Waals surface area (Å²) in [6.07, 6.45) is 2.66. The third-order valence-corrected chi connectivity index (χ3v) is 5.19. The number of anilines is 1. The highest BCUT2D eigenvalue weighted by Crippen LogP contribution is 2.22. The van der Waals surface area contributed by atoms with Gasteiger partial charge in [0.2, 0.25) is 0 Å². The van der Waals surface area contributed by atoms with E-state index in [0.29, 0.717) is 24.1 Å². The van der Waals surface area contributed by atoms with Gasteiger partial charge in [0.05, 0.1) is 6.21 Å². The molecule has 0 saturated heterocycles. The van der Waals surface area contributed by atoms with Gasteiger partial charge in [-0.3, -0.25) is 5.43 Å². The molecule has 0 atom stereocenters. The topological polar surface area (TPSA) is 54.9 Å². The van der Waals surface area contributed by atoms with Gasteiger partial charge in [-0.15, -0.1) is 0 Å². The van der Waals surface area contributed by atoms with Crippen LogP contribution in [0.2, 0.25) is 0 Å². The zero-order valence-corrected chi connectivity index (χ0v) is 20.5. The van der Waals surface area contributed by atoms with Crippen molar-refractivity contribution < 1.29 is 9.47 Å². The number of aryl methyl sites for hydroxylation is 2. The van der Waals surface area contributed by atoms with E-state index >= 15 is 0 Å². The van der Waals surface area contributed by atoms with Gasteiger partial charge in [-0.25, -0.2) is 0 Å². The first-order chi connectivity index (χ1) is 15.5. The van der Waals surface area contributed by atoms with E-state index in [-0.39, 0.29) is 0 Å². The number of nitrogens with zero attached hydrogens (tertiary/aromatic N) is 1. The Morgan fingerprint density at radius 2 is 1.81 bits per heavy atom. The molecule has 2 N–H and O–H groups in total. The van der Waals surface area contributed by atoms with Crippen molar-refractivity contribution in [3.05, 3.63) is 87.9 Å². The van der Waals surface area contributed by atoms with Crippen molar-refractivity contribution in [2.75, 3.05) is 18.5 Å². The smallest absolute Gasteiger partial charge is 0.191 e. The lowest BCUT2D eigenvalue weighted by Gasteiger charge is -2.12. The first-order valence-corrected chi connectivity index (χ1v) is 11.5. The molecular weight excluding hydrogens is 486 g/mol. The summed E-state index contributed by atoms with van der Waals surface area (Å²) >= 11 is 8.77. The predicted octanol–water partition coefficient (Wildman–Crippen LogP) is 6.10. The van der Waals surface area contributed by atoms with Gasteiger partial charge in [-0.1, -0.05) is 47.1 Å². The van der Waals surface area contributed by atoms with Gasteiger partial charge in [0.25, 0.3) is 0 Å². The second-order valence-electron chi connectivity index (χ2n) is 7.08. The third kappa shape index (κ3) is 7.66. The van der Waals surface area contributed by atoms with Crippen LogP contribution in [-0.2, 0) is 6.42 Å². The fourth-order valence-electron chi connectivity index (χ4n) is 3.02. The number of para-hydroxylation sites is 1. The summed E-state index contributed by atoms with van der Waals surface area (Å²) in [5.41, 5.74) is 6.99. The second kappa shape index (κ2) is 12.2. The Balaban J connectivity index is 1.53. The third-order valence-electron chi connectivity index (χ3n) is 4.50. The van der Waals surface area contributed by atoms with Crippen LogP contribution in [-0.4, -0.2) is 24.5 Å². The average Bonchev–Trinajstić information content (AvgIpc) is 2.78. The van der Waals surface area contributed by atoms with Crippen LogP contribution >= 0.6 is 28.1 Å². The molecule has 3 aromatic carbocycles. The second-order valence-corrected chi connectivity index (χ2v) is 8.40. The van der Waals surface area contributed by atoms with Crippen molar-refractivity contribution in [2.24, 2.45) is 5.10 Å². The average molecular weight is 512 g/mol. The van der Waals surface area contributed by atoms with E-state index in [9.17, 15) is 0 Å². The minimum atomic E-state index is 0.405. The molecule has 0 amide bonds. The quantitative estimate of drug-likeness (QED) is 0.157. The van der Waals surface area contributed by atoms with Crippen molar-refractivity contribution in [3.8, 4) is 11.5 Å². The number of hydrogen-bond acceptors (Lipinski definition) is 4. The van der Waals surface area contributed by atoms with Crippen LogP contribution in [0.5, 0.6) is 11.5 Å². The largest absolute Gasteiger partial charge is 0.490 e. The number of hydrogen-bond donors (Lipinski definition) is 2. The summed E-state index contributed by atoms with van der Waals surface area (Å²) in [6, 6.07) is 21.7. The van der Waals surface area contributed by atoms with Crippen LogP contribution in [0.25, 0.3) is 0 Å². The first-order valence-electron chi connectivity index (χ1n) is 10.3. The molecule has 0 unspecified atom stereocenters. The van der Waals surface area contributed by atoms with Crippen LogP contribution in [0.15, 0.2) is 76.3 Å². The van der Waals surface area contributed by atoms with E-state index in [1.165, 1.54) is 11.1 Å². The van der Waals surface area contributed by atoms with E-state index in [0.717, 1.165) is 27.9 Å². The maximum atomic E-state index is 5.94. The van der Waals surface area contributed by atoms with Gasteiger partial charge < -0.3 is 14.8 Å². The molecule has 0 saturated carbocycles. The van der Waals surface area contributed by atoms with Crippen molar-refractivity contribution in [2.45, 2.75) is 20.3 Å². The number of rotatable bonds is 9. The number of ether oxygens (including phenoxy) is 2. The normalized spacial score (nSPS) is 10.7. The van der Waals surface area contributed by atoms with E-state index in [2.05, 4.69) is 57.8 Å². The maximum Gasteiger partial charge on any atom is 0.191 e.